The van der Waals surface area contributed by atoms with E-state index in [0.717, 1.165) is 4.31 Å². The first-order valence-electron chi connectivity index (χ1n) is 5.98. The van der Waals surface area contributed by atoms with Gasteiger partial charge in [-0.1, -0.05) is 25.4 Å². The fourth-order valence-electron chi connectivity index (χ4n) is 1.66. The van der Waals surface area contributed by atoms with Gasteiger partial charge in [-0.05, 0) is 24.1 Å². The van der Waals surface area contributed by atoms with Crippen molar-refractivity contribution in [1.82, 2.24) is 4.31 Å². The molecule has 1 aromatic rings. The Morgan fingerprint density at radius 1 is 1.40 bits per heavy atom. The zero-order valence-electron chi connectivity index (χ0n) is 11.3. The molecule has 8 heteroatoms. The number of benzene rings is 1. The average Bonchev–Trinajstić information content (AvgIpc) is 2.30. The predicted molar refractivity (Wildman–Crippen MR) is 78.7 cm³/mol. The van der Waals surface area contributed by atoms with Gasteiger partial charge in [-0.25, -0.2) is 8.42 Å². The number of hydrogen-bond acceptors (Lipinski definition) is 4. The molecule has 0 aliphatic carbocycles. The molecule has 1 aromatic carbocycles. The molecule has 0 saturated carbocycles. The zero-order chi connectivity index (χ0) is 15.5. The lowest BCUT2D eigenvalue weighted by Crippen LogP contribution is -2.40. The number of hydrogen-bond donors (Lipinski definition) is 2. The number of anilines is 1. The SMILES string of the molecule is CC(C)CN(CC(N)=O)S(=O)(=O)c1ccc(Cl)c(N)c1. The molecule has 20 heavy (non-hydrogen) atoms. The van der Waals surface area contributed by atoms with Gasteiger partial charge in [0.25, 0.3) is 0 Å². The minimum absolute atomic E-state index is 0.0127. The van der Waals surface area contributed by atoms with Crippen LogP contribution in [0, 0.1) is 5.92 Å². The van der Waals surface area contributed by atoms with Crippen LogP contribution in [0.15, 0.2) is 23.1 Å². The molecule has 0 fully saturated rings. The van der Waals surface area contributed by atoms with Crippen LogP contribution in [0.2, 0.25) is 5.02 Å². The van der Waals surface area contributed by atoms with Crippen molar-refractivity contribution >= 4 is 33.2 Å². The smallest absolute Gasteiger partial charge is 0.243 e. The number of rotatable bonds is 6. The predicted octanol–water partition coefficient (Wildman–Crippen LogP) is 1.05. The molecule has 0 atom stereocenters. The second kappa shape index (κ2) is 6.43. The van der Waals surface area contributed by atoms with Gasteiger partial charge in [-0.2, -0.15) is 4.31 Å². The lowest BCUT2D eigenvalue weighted by molar-refractivity contribution is -0.118. The van der Waals surface area contributed by atoms with E-state index in [9.17, 15) is 13.2 Å². The monoisotopic (exact) mass is 319 g/mol. The third-order valence-electron chi connectivity index (χ3n) is 2.51. The van der Waals surface area contributed by atoms with Gasteiger partial charge >= 0.3 is 0 Å². The summed E-state index contributed by atoms with van der Waals surface area (Å²) >= 11 is 5.77. The van der Waals surface area contributed by atoms with Crippen LogP contribution in [0.4, 0.5) is 5.69 Å². The largest absolute Gasteiger partial charge is 0.397 e. The number of carbonyl (C=O) groups excluding carboxylic acids is 1. The van der Waals surface area contributed by atoms with Gasteiger partial charge in [0, 0.05) is 6.54 Å². The van der Waals surface area contributed by atoms with E-state index in [1.165, 1.54) is 18.2 Å². The van der Waals surface area contributed by atoms with E-state index in [0.29, 0.717) is 0 Å². The third-order valence-corrected chi connectivity index (χ3v) is 4.66. The molecule has 0 aromatic heterocycles. The number of primary amides is 1. The molecular formula is C12H18ClN3O3S. The first-order chi connectivity index (χ1) is 9.14. The van der Waals surface area contributed by atoms with E-state index in [4.69, 9.17) is 23.1 Å². The Labute approximate surface area is 123 Å². The van der Waals surface area contributed by atoms with Crippen LogP contribution in [-0.2, 0) is 14.8 Å². The van der Waals surface area contributed by atoms with Crippen LogP contribution in [-0.4, -0.2) is 31.7 Å². The lowest BCUT2D eigenvalue weighted by Gasteiger charge is -2.22. The number of nitrogen functional groups attached to an aromatic ring is 1. The van der Waals surface area contributed by atoms with Crippen LogP contribution >= 0.6 is 11.6 Å². The molecule has 1 rings (SSSR count). The van der Waals surface area contributed by atoms with Gasteiger partial charge < -0.3 is 11.5 Å². The second-order valence-corrected chi connectivity index (χ2v) is 7.19. The molecule has 1 amide bonds. The van der Waals surface area contributed by atoms with Crippen molar-refractivity contribution in [3.05, 3.63) is 23.2 Å². The highest BCUT2D eigenvalue weighted by atomic mass is 35.5. The normalized spacial score (nSPS) is 12.1. The highest BCUT2D eigenvalue weighted by Crippen LogP contribution is 2.24. The molecule has 0 saturated heterocycles. The molecule has 4 N–H and O–H groups in total. The van der Waals surface area contributed by atoms with E-state index >= 15 is 0 Å². The molecule has 112 valence electrons. The van der Waals surface area contributed by atoms with Gasteiger partial charge in [0.1, 0.15) is 0 Å². The summed E-state index contributed by atoms with van der Waals surface area (Å²) in [5.41, 5.74) is 10.9. The van der Waals surface area contributed by atoms with E-state index in [2.05, 4.69) is 0 Å². The van der Waals surface area contributed by atoms with Crippen molar-refractivity contribution in [1.29, 1.82) is 0 Å². The van der Waals surface area contributed by atoms with Crippen LogP contribution in [0.5, 0.6) is 0 Å². The maximum atomic E-state index is 12.5. The Bertz CT molecular complexity index is 602. The Balaban J connectivity index is 3.20. The number of amides is 1. The Morgan fingerprint density at radius 2 is 2.00 bits per heavy atom. The van der Waals surface area contributed by atoms with Crippen LogP contribution < -0.4 is 11.5 Å². The molecule has 0 unspecified atom stereocenters. The van der Waals surface area contributed by atoms with E-state index in [1.807, 2.05) is 13.8 Å². The maximum absolute atomic E-state index is 12.5. The molecule has 0 spiro atoms. The van der Waals surface area contributed by atoms with Crippen LogP contribution in [0.1, 0.15) is 13.8 Å². The van der Waals surface area contributed by atoms with Crippen molar-refractivity contribution in [2.24, 2.45) is 11.7 Å². The molecule has 0 heterocycles. The summed E-state index contributed by atoms with van der Waals surface area (Å²) in [7, 11) is -3.84. The quantitative estimate of drug-likeness (QED) is 0.764. The van der Waals surface area contributed by atoms with Crippen molar-refractivity contribution in [3.8, 4) is 0 Å². The standard InChI is InChI=1S/C12H18ClN3O3S/c1-8(2)6-16(7-12(15)17)20(18,19)9-3-4-10(13)11(14)5-9/h3-5,8H,6-7,14H2,1-2H3,(H2,15,17). The fraction of sp³-hybridized carbons (Fsp3) is 0.417. The number of carbonyl (C=O) groups is 1. The summed E-state index contributed by atoms with van der Waals surface area (Å²) in [6, 6.07) is 4.02. The lowest BCUT2D eigenvalue weighted by atomic mass is 10.2. The van der Waals surface area contributed by atoms with Crippen molar-refractivity contribution in [3.63, 3.8) is 0 Å². The van der Waals surface area contributed by atoms with Crippen LogP contribution in [0.3, 0.4) is 0 Å². The van der Waals surface area contributed by atoms with Gasteiger partial charge in [0.2, 0.25) is 15.9 Å². The van der Waals surface area contributed by atoms with Crippen molar-refractivity contribution in [2.75, 3.05) is 18.8 Å². The zero-order valence-corrected chi connectivity index (χ0v) is 12.9. The van der Waals surface area contributed by atoms with Gasteiger partial charge in [0.15, 0.2) is 0 Å². The summed E-state index contributed by atoms with van der Waals surface area (Å²) in [5, 5.41) is 0.272. The first-order valence-corrected chi connectivity index (χ1v) is 7.80. The van der Waals surface area contributed by atoms with Gasteiger partial charge in [-0.15, -0.1) is 0 Å². The summed E-state index contributed by atoms with van der Waals surface area (Å²) < 4.78 is 26.0. The molecule has 0 aliphatic heterocycles. The summed E-state index contributed by atoms with van der Waals surface area (Å²) in [4.78, 5) is 11.0. The molecule has 6 nitrogen and oxygen atoms in total. The number of sulfonamides is 1. The van der Waals surface area contributed by atoms with Crippen LogP contribution in [0.25, 0.3) is 0 Å². The molecule has 0 bridgehead atoms. The molecule has 0 radical (unpaired) electrons. The number of nitrogens with zero attached hydrogens (tertiary/aromatic N) is 1. The van der Waals surface area contributed by atoms with Crippen molar-refractivity contribution < 1.29 is 13.2 Å². The topological polar surface area (TPSA) is 106 Å². The number of nitrogens with two attached hydrogens (primary N) is 2. The highest BCUT2D eigenvalue weighted by Gasteiger charge is 2.27. The van der Waals surface area contributed by atoms with E-state index in [1.54, 1.807) is 0 Å². The third kappa shape index (κ3) is 4.09. The average molecular weight is 320 g/mol. The number of halogens is 1. The van der Waals surface area contributed by atoms with E-state index in [-0.39, 0.29) is 34.6 Å². The Morgan fingerprint density at radius 3 is 2.45 bits per heavy atom. The Kier molecular flexibility index (Phi) is 5.38. The highest BCUT2D eigenvalue weighted by molar-refractivity contribution is 7.89. The summed E-state index contributed by atoms with van der Waals surface area (Å²) in [5.74, 6) is -0.662. The molecular weight excluding hydrogens is 302 g/mol. The minimum atomic E-state index is -3.84. The fourth-order valence-corrected chi connectivity index (χ4v) is 3.38. The minimum Gasteiger partial charge on any atom is -0.397 e. The summed E-state index contributed by atoms with van der Waals surface area (Å²) in [6.45, 7) is 3.51. The summed E-state index contributed by atoms with van der Waals surface area (Å²) in [6.07, 6.45) is 0. The van der Waals surface area contributed by atoms with E-state index < -0.39 is 15.9 Å². The van der Waals surface area contributed by atoms with Gasteiger partial charge in [-0.3, -0.25) is 4.79 Å². The molecule has 0 aliphatic rings. The maximum Gasteiger partial charge on any atom is 0.243 e. The second-order valence-electron chi connectivity index (χ2n) is 4.84. The Hall–Kier alpha value is -1.31. The first kappa shape index (κ1) is 16.7. The van der Waals surface area contributed by atoms with Crippen molar-refractivity contribution in [2.45, 2.75) is 18.7 Å². The van der Waals surface area contributed by atoms with Gasteiger partial charge in [0.05, 0.1) is 22.2 Å².